The Balaban J connectivity index is 2.33. The molecule has 1 atom stereocenters. The number of aryl methyl sites for hydroxylation is 1. The number of nitrogens with one attached hydrogen (secondary N) is 1. The number of aromatic nitrogens is 2. The summed E-state index contributed by atoms with van der Waals surface area (Å²) in [5, 5.41) is 9.57. The van der Waals surface area contributed by atoms with Crippen LogP contribution in [0, 0.1) is 5.41 Å². The predicted octanol–water partition coefficient (Wildman–Crippen LogP) is 0.181. The summed E-state index contributed by atoms with van der Waals surface area (Å²) < 4.78 is 1.12. The van der Waals surface area contributed by atoms with Crippen LogP contribution in [-0.2, 0) is 11.8 Å². The lowest BCUT2D eigenvalue weighted by Gasteiger charge is -2.39. The number of carboxylic acid groups (broad SMARTS) is 1. The van der Waals surface area contributed by atoms with E-state index in [0.717, 1.165) is 4.57 Å². The van der Waals surface area contributed by atoms with E-state index in [1.54, 1.807) is 0 Å². The van der Waals surface area contributed by atoms with Gasteiger partial charge < -0.3 is 14.6 Å². The third-order valence-corrected chi connectivity index (χ3v) is 4.38. The van der Waals surface area contributed by atoms with Crippen LogP contribution < -0.4 is 11.2 Å². The summed E-state index contributed by atoms with van der Waals surface area (Å²) in [6.45, 7) is 2.39. The van der Waals surface area contributed by atoms with Crippen molar-refractivity contribution in [1.82, 2.24) is 14.5 Å². The quantitative estimate of drug-likeness (QED) is 0.821. The molecule has 0 bridgehead atoms. The van der Waals surface area contributed by atoms with Crippen LogP contribution in [0.25, 0.3) is 0 Å². The second-order valence-corrected chi connectivity index (χ2v) is 6.08. The minimum Gasteiger partial charge on any atom is -0.481 e. The zero-order chi connectivity index (χ0) is 17.2. The molecule has 126 valence electrons. The number of nitrogens with zero attached hydrogens (tertiary/aromatic N) is 2. The maximum Gasteiger partial charge on any atom is 0.328 e. The van der Waals surface area contributed by atoms with E-state index in [9.17, 15) is 24.3 Å². The van der Waals surface area contributed by atoms with Crippen LogP contribution in [0.1, 0.15) is 43.0 Å². The molecule has 0 radical (unpaired) electrons. The third kappa shape index (κ3) is 3.20. The number of piperidine rings is 1. The predicted molar refractivity (Wildman–Crippen MR) is 82.4 cm³/mol. The van der Waals surface area contributed by atoms with Gasteiger partial charge in [-0.2, -0.15) is 0 Å². The fourth-order valence-electron chi connectivity index (χ4n) is 3.16. The number of amides is 1. The van der Waals surface area contributed by atoms with E-state index in [1.807, 2.05) is 6.92 Å². The Kier molecular flexibility index (Phi) is 4.72. The summed E-state index contributed by atoms with van der Waals surface area (Å²) in [6.07, 6.45) is 3.47. The first kappa shape index (κ1) is 17.0. The SMILES string of the molecule is CCC[C@]1(C(=O)O)CCCN(C(=O)c2cn(C)c(=O)[nH]c2=O)C1. The van der Waals surface area contributed by atoms with Gasteiger partial charge >= 0.3 is 11.7 Å². The van der Waals surface area contributed by atoms with Crippen LogP contribution in [0.4, 0.5) is 0 Å². The monoisotopic (exact) mass is 323 g/mol. The molecular formula is C15H21N3O5. The molecule has 8 heteroatoms. The van der Waals surface area contributed by atoms with Crippen molar-refractivity contribution in [3.8, 4) is 0 Å². The number of H-pyrrole nitrogens is 1. The largest absolute Gasteiger partial charge is 0.481 e. The number of likely N-dealkylation sites (tertiary alicyclic amines) is 1. The second-order valence-electron chi connectivity index (χ2n) is 6.08. The maximum absolute atomic E-state index is 12.6. The highest BCUT2D eigenvalue weighted by atomic mass is 16.4. The van der Waals surface area contributed by atoms with Gasteiger partial charge in [0.05, 0.1) is 5.41 Å². The molecule has 1 aromatic heterocycles. The van der Waals surface area contributed by atoms with E-state index in [4.69, 9.17) is 0 Å². The average Bonchev–Trinajstić information content (AvgIpc) is 2.50. The topological polar surface area (TPSA) is 112 Å². The van der Waals surface area contributed by atoms with Crippen LogP contribution in [-0.4, -0.2) is 44.5 Å². The van der Waals surface area contributed by atoms with Gasteiger partial charge in [-0.05, 0) is 19.3 Å². The summed E-state index contributed by atoms with van der Waals surface area (Å²) in [4.78, 5) is 51.0. The molecule has 0 unspecified atom stereocenters. The van der Waals surface area contributed by atoms with Gasteiger partial charge in [-0.1, -0.05) is 13.3 Å². The Hall–Kier alpha value is -2.38. The Morgan fingerprint density at radius 2 is 2.09 bits per heavy atom. The number of hydrogen-bond donors (Lipinski definition) is 2. The molecule has 2 N–H and O–H groups in total. The van der Waals surface area contributed by atoms with E-state index in [0.29, 0.717) is 32.2 Å². The first-order valence-electron chi connectivity index (χ1n) is 7.63. The highest BCUT2D eigenvalue weighted by Gasteiger charge is 2.43. The van der Waals surface area contributed by atoms with Gasteiger partial charge in [0.15, 0.2) is 0 Å². The number of carbonyl (C=O) groups is 2. The standard InChI is InChI=1S/C15H21N3O5/c1-3-5-15(13(21)22)6-4-7-18(9-15)12(20)10-8-17(2)14(23)16-11(10)19/h8H,3-7,9H2,1-2H3,(H,21,22)(H,16,19,23)/t15-/m0/s1. The minimum absolute atomic E-state index is 0.0806. The van der Waals surface area contributed by atoms with E-state index in [2.05, 4.69) is 4.98 Å². The van der Waals surface area contributed by atoms with Gasteiger partial charge in [0.2, 0.25) is 0 Å². The number of carboxylic acids is 1. The zero-order valence-corrected chi connectivity index (χ0v) is 13.3. The molecule has 1 aliphatic heterocycles. The zero-order valence-electron chi connectivity index (χ0n) is 13.3. The van der Waals surface area contributed by atoms with Crippen LogP contribution >= 0.6 is 0 Å². The lowest BCUT2D eigenvalue weighted by Crippen LogP contribution is -2.51. The molecule has 0 saturated carbocycles. The van der Waals surface area contributed by atoms with Gasteiger partial charge in [-0.3, -0.25) is 19.4 Å². The van der Waals surface area contributed by atoms with E-state index >= 15 is 0 Å². The molecular weight excluding hydrogens is 302 g/mol. The molecule has 0 aromatic carbocycles. The fraction of sp³-hybridized carbons (Fsp3) is 0.600. The molecule has 2 heterocycles. The molecule has 23 heavy (non-hydrogen) atoms. The molecule has 1 aromatic rings. The molecule has 1 aliphatic rings. The van der Waals surface area contributed by atoms with E-state index < -0.39 is 28.5 Å². The highest BCUT2D eigenvalue weighted by Crippen LogP contribution is 2.35. The smallest absolute Gasteiger partial charge is 0.328 e. The normalized spacial score (nSPS) is 21.2. The number of aromatic amines is 1. The molecule has 1 saturated heterocycles. The third-order valence-electron chi connectivity index (χ3n) is 4.38. The Labute approximate surface area is 132 Å². The van der Waals surface area contributed by atoms with Crippen molar-refractivity contribution in [2.45, 2.75) is 32.6 Å². The minimum atomic E-state index is -0.962. The van der Waals surface area contributed by atoms with Gasteiger partial charge in [0.25, 0.3) is 11.5 Å². The second kappa shape index (κ2) is 6.39. The fourth-order valence-corrected chi connectivity index (χ4v) is 3.16. The van der Waals surface area contributed by atoms with Gasteiger partial charge in [0.1, 0.15) is 5.56 Å². The molecule has 0 aliphatic carbocycles. The molecule has 0 spiro atoms. The van der Waals surface area contributed by atoms with Crippen molar-refractivity contribution in [2.24, 2.45) is 12.5 Å². The van der Waals surface area contributed by atoms with Crippen molar-refractivity contribution in [3.05, 3.63) is 32.6 Å². The Morgan fingerprint density at radius 1 is 1.39 bits per heavy atom. The van der Waals surface area contributed by atoms with Crippen LogP contribution in [0.15, 0.2) is 15.8 Å². The summed E-state index contributed by atoms with van der Waals surface area (Å²) in [6, 6.07) is 0. The first-order valence-corrected chi connectivity index (χ1v) is 7.63. The number of carbonyl (C=O) groups excluding carboxylic acids is 1. The summed E-state index contributed by atoms with van der Waals surface area (Å²) >= 11 is 0. The highest BCUT2D eigenvalue weighted by molar-refractivity contribution is 5.94. The van der Waals surface area contributed by atoms with Crippen LogP contribution in [0.3, 0.4) is 0 Å². The molecule has 1 fully saturated rings. The Bertz CT molecular complexity index is 731. The van der Waals surface area contributed by atoms with Gasteiger partial charge in [-0.15, -0.1) is 0 Å². The van der Waals surface area contributed by atoms with Crippen molar-refractivity contribution in [3.63, 3.8) is 0 Å². The lowest BCUT2D eigenvalue weighted by molar-refractivity contribution is -0.152. The Morgan fingerprint density at radius 3 is 2.70 bits per heavy atom. The van der Waals surface area contributed by atoms with Crippen molar-refractivity contribution < 1.29 is 14.7 Å². The first-order chi connectivity index (χ1) is 10.8. The number of aliphatic carboxylic acids is 1. The summed E-state index contributed by atoms with van der Waals surface area (Å²) in [5.74, 6) is -1.45. The maximum atomic E-state index is 12.6. The summed E-state index contributed by atoms with van der Waals surface area (Å²) in [5.41, 5.74) is -2.46. The van der Waals surface area contributed by atoms with Gasteiger partial charge in [-0.25, -0.2) is 4.79 Å². The van der Waals surface area contributed by atoms with E-state index in [-0.39, 0.29) is 12.1 Å². The average molecular weight is 323 g/mol. The van der Waals surface area contributed by atoms with E-state index in [1.165, 1.54) is 18.1 Å². The van der Waals surface area contributed by atoms with Crippen molar-refractivity contribution >= 4 is 11.9 Å². The van der Waals surface area contributed by atoms with Crippen LogP contribution in [0.2, 0.25) is 0 Å². The molecule has 8 nitrogen and oxygen atoms in total. The number of rotatable bonds is 4. The van der Waals surface area contributed by atoms with Crippen LogP contribution in [0.5, 0.6) is 0 Å². The number of hydrogen-bond acceptors (Lipinski definition) is 4. The lowest BCUT2D eigenvalue weighted by atomic mass is 9.76. The summed E-state index contributed by atoms with van der Waals surface area (Å²) in [7, 11) is 1.43. The molecule has 1 amide bonds. The van der Waals surface area contributed by atoms with Crippen molar-refractivity contribution in [1.29, 1.82) is 0 Å². The van der Waals surface area contributed by atoms with Crippen molar-refractivity contribution in [2.75, 3.05) is 13.1 Å². The van der Waals surface area contributed by atoms with Gasteiger partial charge in [0, 0.05) is 26.3 Å². The molecule has 2 rings (SSSR count).